The first-order valence-electron chi connectivity index (χ1n) is 6.12. The Hall–Kier alpha value is -2.37. The Bertz CT molecular complexity index is 650. The number of halogens is 2. The third kappa shape index (κ3) is 2.79. The van der Waals surface area contributed by atoms with Crippen LogP contribution >= 0.6 is 0 Å². The zero-order chi connectivity index (χ0) is 14.9. The highest BCUT2D eigenvalue weighted by atomic mass is 19.1. The molecule has 0 bridgehead atoms. The summed E-state index contributed by atoms with van der Waals surface area (Å²) in [6.45, 7) is 3.78. The SMILES string of the molecule is CC(C)n1cc(N)cc1C(=O)Nc1cc(F)ccc1F. The van der Waals surface area contributed by atoms with Gasteiger partial charge in [-0.3, -0.25) is 4.79 Å². The average Bonchev–Trinajstić information content (AvgIpc) is 2.76. The molecule has 0 atom stereocenters. The fraction of sp³-hybridized carbons (Fsp3) is 0.214. The molecule has 1 aromatic heterocycles. The molecular formula is C14H15F2N3O. The zero-order valence-electron chi connectivity index (χ0n) is 11.2. The molecule has 6 heteroatoms. The van der Waals surface area contributed by atoms with Gasteiger partial charge in [0.2, 0.25) is 0 Å². The van der Waals surface area contributed by atoms with Gasteiger partial charge in [0, 0.05) is 18.3 Å². The lowest BCUT2D eigenvalue weighted by Gasteiger charge is -2.13. The molecule has 0 saturated carbocycles. The zero-order valence-corrected chi connectivity index (χ0v) is 11.2. The average molecular weight is 279 g/mol. The van der Waals surface area contributed by atoms with Crippen LogP contribution in [0.4, 0.5) is 20.2 Å². The molecule has 0 aliphatic heterocycles. The number of aromatic nitrogens is 1. The number of anilines is 2. The van der Waals surface area contributed by atoms with E-state index in [0.29, 0.717) is 11.4 Å². The second-order valence-corrected chi connectivity index (χ2v) is 4.74. The number of nitrogens with two attached hydrogens (primary N) is 1. The molecular weight excluding hydrogens is 264 g/mol. The molecule has 0 saturated heterocycles. The van der Waals surface area contributed by atoms with E-state index in [4.69, 9.17) is 5.73 Å². The summed E-state index contributed by atoms with van der Waals surface area (Å²) < 4.78 is 28.2. The van der Waals surface area contributed by atoms with Crippen molar-refractivity contribution < 1.29 is 13.6 Å². The minimum atomic E-state index is -0.699. The van der Waals surface area contributed by atoms with Gasteiger partial charge in [0.15, 0.2) is 0 Å². The number of hydrogen-bond acceptors (Lipinski definition) is 2. The van der Waals surface area contributed by atoms with E-state index in [1.807, 2.05) is 13.8 Å². The van der Waals surface area contributed by atoms with Gasteiger partial charge in [-0.25, -0.2) is 8.78 Å². The molecule has 20 heavy (non-hydrogen) atoms. The normalized spacial score (nSPS) is 10.8. The monoisotopic (exact) mass is 279 g/mol. The van der Waals surface area contributed by atoms with Gasteiger partial charge in [-0.1, -0.05) is 0 Å². The Morgan fingerprint density at radius 2 is 2.00 bits per heavy atom. The molecule has 4 nitrogen and oxygen atoms in total. The molecule has 0 fully saturated rings. The Morgan fingerprint density at radius 1 is 1.30 bits per heavy atom. The van der Waals surface area contributed by atoms with Gasteiger partial charge < -0.3 is 15.6 Å². The molecule has 0 aliphatic rings. The van der Waals surface area contributed by atoms with Gasteiger partial charge in [0.1, 0.15) is 17.3 Å². The smallest absolute Gasteiger partial charge is 0.272 e. The predicted molar refractivity (Wildman–Crippen MR) is 73.5 cm³/mol. The predicted octanol–water partition coefficient (Wildman–Crippen LogP) is 3.18. The van der Waals surface area contributed by atoms with Gasteiger partial charge >= 0.3 is 0 Å². The molecule has 3 N–H and O–H groups in total. The number of benzene rings is 1. The molecule has 2 rings (SSSR count). The van der Waals surface area contributed by atoms with Gasteiger partial charge in [-0.15, -0.1) is 0 Å². The van der Waals surface area contributed by atoms with Crippen LogP contribution in [0.25, 0.3) is 0 Å². The lowest BCUT2D eigenvalue weighted by molar-refractivity contribution is 0.101. The maximum absolute atomic E-state index is 13.5. The van der Waals surface area contributed by atoms with Crippen LogP contribution in [0.1, 0.15) is 30.4 Å². The van der Waals surface area contributed by atoms with E-state index in [9.17, 15) is 13.6 Å². The maximum atomic E-state index is 13.5. The molecule has 0 unspecified atom stereocenters. The minimum Gasteiger partial charge on any atom is -0.397 e. The second-order valence-electron chi connectivity index (χ2n) is 4.74. The summed E-state index contributed by atoms with van der Waals surface area (Å²) in [5, 5.41) is 2.35. The van der Waals surface area contributed by atoms with Crippen molar-refractivity contribution in [2.24, 2.45) is 0 Å². The van der Waals surface area contributed by atoms with E-state index >= 15 is 0 Å². The summed E-state index contributed by atoms with van der Waals surface area (Å²) in [5.41, 5.74) is 6.19. The van der Waals surface area contributed by atoms with E-state index in [1.54, 1.807) is 10.8 Å². The summed E-state index contributed by atoms with van der Waals surface area (Å²) in [6.07, 6.45) is 1.63. The molecule has 1 amide bonds. The molecule has 2 aromatic rings. The van der Waals surface area contributed by atoms with Gasteiger partial charge in [0.05, 0.1) is 11.4 Å². The molecule has 0 aliphatic carbocycles. The lowest BCUT2D eigenvalue weighted by atomic mass is 10.2. The number of carbonyl (C=O) groups is 1. The first kappa shape index (κ1) is 14.0. The number of nitrogen functional groups attached to an aromatic ring is 1. The van der Waals surface area contributed by atoms with Crippen LogP contribution in [0.15, 0.2) is 30.5 Å². The van der Waals surface area contributed by atoms with Gasteiger partial charge in [0.25, 0.3) is 5.91 Å². The maximum Gasteiger partial charge on any atom is 0.272 e. The number of nitrogens with zero attached hydrogens (tertiary/aromatic N) is 1. The van der Waals surface area contributed by atoms with E-state index in [0.717, 1.165) is 18.2 Å². The summed E-state index contributed by atoms with van der Waals surface area (Å²) in [6, 6.07) is 4.39. The molecule has 0 radical (unpaired) electrons. The van der Waals surface area contributed by atoms with Crippen molar-refractivity contribution in [3.8, 4) is 0 Å². The number of hydrogen-bond donors (Lipinski definition) is 2. The molecule has 1 aromatic carbocycles. The summed E-state index contributed by atoms with van der Waals surface area (Å²) in [5.74, 6) is -1.87. The van der Waals surface area contributed by atoms with E-state index < -0.39 is 17.5 Å². The van der Waals surface area contributed by atoms with Crippen molar-refractivity contribution >= 4 is 17.3 Å². The van der Waals surface area contributed by atoms with Crippen LogP contribution in [-0.4, -0.2) is 10.5 Å². The van der Waals surface area contributed by atoms with Gasteiger partial charge in [-0.2, -0.15) is 0 Å². The summed E-state index contributed by atoms with van der Waals surface area (Å²) in [7, 11) is 0. The lowest BCUT2D eigenvalue weighted by Crippen LogP contribution is -2.18. The largest absolute Gasteiger partial charge is 0.397 e. The first-order valence-corrected chi connectivity index (χ1v) is 6.12. The molecule has 106 valence electrons. The Morgan fingerprint density at radius 3 is 2.65 bits per heavy atom. The molecule has 1 heterocycles. The van der Waals surface area contributed by atoms with Crippen LogP contribution in [0.5, 0.6) is 0 Å². The fourth-order valence-corrected chi connectivity index (χ4v) is 1.89. The quantitative estimate of drug-likeness (QED) is 0.906. The number of rotatable bonds is 3. The van der Waals surface area contributed by atoms with Crippen molar-refractivity contribution in [1.29, 1.82) is 0 Å². The summed E-state index contributed by atoms with van der Waals surface area (Å²) in [4.78, 5) is 12.1. The van der Waals surface area contributed by atoms with Crippen molar-refractivity contribution in [3.05, 3.63) is 47.8 Å². The number of carbonyl (C=O) groups excluding carboxylic acids is 1. The van der Waals surface area contributed by atoms with E-state index in [-0.39, 0.29) is 11.7 Å². The Balaban J connectivity index is 2.31. The molecule has 0 spiro atoms. The van der Waals surface area contributed by atoms with Crippen molar-refractivity contribution in [2.75, 3.05) is 11.1 Å². The Labute approximate surface area is 115 Å². The van der Waals surface area contributed by atoms with Crippen LogP contribution in [0, 0.1) is 11.6 Å². The highest BCUT2D eigenvalue weighted by Crippen LogP contribution is 2.20. The van der Waals surface area contributed by atoms with Crippen LogP contribution in [0.2, 0.25) is 0 Å². The van der Waals surface area contributed by atoms with E-state index in [2.05, 4.69) is 5.32 Å². The standard InChI is InChI=1S/C14H15F2N3O/c1-8(2)19-7-10(17)6-13(19)14(20)18-12-5-9(15)3-4-11(12)16/h3-8H,17H2,1-2H3,(H,18,20). The van der Waals surface area contributed by atoms with E-state index in [1.165, 1.54) is 6.07 Å². The Kier molecular flexibility index (Phi) is 3.74. The first-order chi connectivity index (χ1) is 9.38. The highest BCUT2D eigenvalue weighted by Gasteiger charge is 2.16. The van der Waals surface area contributed by atoms with Crippen LogP contribution in [0.3, 0.4) is 0 Å². The minimum absolute atomic E-state index is 0.0189. The van der Waals surface area contributed by atoms with Crippen molar-refractivity contribution in [2.45, 2.75) is 19.9 Å². The third-order valence-electron chi connectivity index (χ3n) is 2.84. The number of amides is 1. The van der Waals surface area contributed by atoms with Crippen LogP contribution < -0.4 is 11.1 Å². The topological polar surface area (TPSA) is 60.0 Å². The van der Waals surface area contributed by atoms with Gasteiger partial charge in [-0.05, 0) is 32.0 Å². The fourth-order valence-electron chi connectivity index (χ4n) is 1.89. The third-order valence-corrected chi connectivity index (χ3v) is 2.84. The van der Waals surface area contributed by atoms with Crippen molar-refractivity contribution in [3.63, 3.8) is 0 Å². The summed E-state index contributed by atoms with van der Waals surface area (Å²) >= 11 is 0. The van der Waals surface area contributed by atoms with Crippen molar-refractivity contribution in [1.82, 2.24) is 4.57 Å². The number of nitrogens with one attached hydrogen (secondary N) is 1. The van der Waals surface area contributed by atoms with Crippen LogP contribution in [-0.2, 0) is 0 Å². The highest BCUT2D eigenvalue weighted by molar-refractivity contribution is 6.03. The second kappa shape index (κ2) is 5.32.